The second-order valence-electron chi connectivity index (χ2n) is 7.12. The number of amides is 2. The quantitative estimate of drug-likeness (QED) is 0.394. The summed E-state index contributed by atoms with van der Waals surface area (Å²) < 4.78 is 0. The Bertz CT molecular complexity index is 600. The molecule has 6 N–H and O–H groups in total. The van der Waals surface area contributed by atoms with E-state index < -0.39 is 35.9 Å². The summed E-state index contributed by atoms with van der Waals surface area (Å²) in [5.74, 6) is -2.17. The van der Waals surface area contributed by atoms with Crippen LogP contribution in [0, 0.1) is 11.8 Å². The third-order valence-corrected chi connectivity index (χ3v) is 3.94. The lowest BCUT2D eigenvalue weighted by molar-refractivity contribution is -0.142. The molecule has 0 aromatic carbocycles. The van der Waals surface area contributed by atoms with Crippen LogP contribution in [0.25, 0.3) is 0 Å². The van der Waals surface area contributed by atoms with Crippen molar-refractivity contribution in [3.05, 3.63) is 18.2 Å². The van der Waals surface area contributed by atoms with Crippen LogP contribution in [0.15, 0.2) is 12.5 Å². The van der Waals surface area contributed by atoms with Gasteiger partial charge in [0, 0.05) is 12.6 Å². The second kappa shape index (κ2) is 9.91. The van der Waals surface area contributed by atoms with Gasteiger partial charge in [0.05, 0.1) is 18.1 Å². The molecule has 0 saturated carbocycles. The van der Waals surface area contributed by atoms with E-state index in [1.165, 1.54) is 6.33 Å². The number of aromatic amines is 1. The van der Waals surface area contributed by atoms with Crippen LogP contribution in [0.5, 0.6) is 0 Å². The van der Waals surface area contributed by atoms with Gasteiger partial charge in [0.15, 0.2) is 0 Å². The van der Waals surface area contributed by atoms with Crippen molar-refractivity contribution in [2.45, 2.75) is 58.7 Å². The maximum atomic E-state index is 12.6. The van der Waals surface area contributed by atoms with Gasteiger partial charge in [0.2, 0.25) is 11.8 Å². The number of carbonyl (C=O) groups is 3. The van der Waals surface area contributed by atoms with Crippen molar-refractivity contribution in [1.82, 2.24) is 20.6 Å². The summed E-state index contributed by atoms with van der Waals surface area (Å²) in [6, 6.07) is -2.76. The molecule has 1 heterocycles. The van der Waals surface area contributed by atoms with Crippen LogP contribution in [0.3, 0.4) is 0 Å². The molecule has 0 spiro atoms. The van der Waals surface area contributed by atoms with E-state index >= 15 is 0 Å². The number of nitrogens with zero attached hydrogens (tertiary/aromatic N) is 1. The third-order valence-electron chi connectivity index (χ3n) is 3.94. The first kappa shape index (κ1) is 21.6. The fourth-order valence-electron chi connectivity index (χ4n) is 2.36. The number of carbonyl (C=O) groups excluding carboxylic acids is 2. The van der Waals surface area contributed by atoms with Crippen molar-refractivity contribution < 1.29 is 19.5 Å². The lowest BCUT2D eigenvalue weighted by atomic mass is 10.0. The van der Waals surface area contributed by atoms with Gasteiger partial charge < -0.3 is 26.5 Å². The van der Waals surface area contributed by atoms with E-state index in [0.29, 0.717) is 5.69 Å². The molecule has 1 aromatic rings. The van der Waals surface area contributed by atoms with E-state index in [2.05, 4.69) is 20.6 Å². The largest absolute Gasteiger partial charge is 0.480 e. The Balaban J connectivity index is 2.89. The fourth-order valence-corrected chi connectivity index (χ4v) is 2.36. The maximum absolute atomic E-state index is 12.6. The Hall–Kier alpha value is -2.42. The Morgan fingerprint density at radius 2 is 1.77 bits per heavy atom. The normalized spacial score (nSPS) is 14.7. The number of H-pyrrole nitrogens is 1. The van der Waals surface area contributed by atoms with Crippen molar-refractivity contribution >= 4 is 17.8 Å². The first-order valence-corrected chi connectivity index (χ1v) is 8.68. The number of imidazole rings is 1. The predicted octanol–water partition coefficient (Wildman–Crippen LogP) is 0.0358. The molecule has 2 amide bonds. The Morgan fingerprint density at radius 3 is 2.23 bits per heavy atom. The number of carboxylic acid groups (broad SMARTS) is 1. The van der Waals surface area contributed by atoms with Crippen molar-refractivity contribution in [3.63, 3.8) is 0 Å². The molecule has 0 fully saturated rings. The molecular formula is C17H29N5O4. The number of nitrogens with two attached hydrogens (primary N) is 1. The molecule has 146 valence electrons. The summed E-state index contributed by atoms with van der Waals surface area (Å²) in [6.45, 7) is 7.34. The lowest BCUT2D eigenvalue weighted by Crippen LogP contribution is -2.56. The SMILES string of the molecule is CC(C)C[C@H](NC(=O)[C@H](Cc1c[nH]cn1)NC(=O)[C@@H](N)C(C)C)C(=O)O. The number of hydrogen-bond acceptors (Lipinski definition) is 5. The Morgan fingerprint density at radius 1 is 1.15 bits per heavy atom. The van der Waals surface area contributed by atoms with Gasteiger partial charge in [-0.2, -0.15) is 0 Å². The van der Waals surface area contributed by atoms with Gasteiger partial charge in [-0.1, -0.05) is 27.7 Å². The summed E-state index contributed by atoms with van der Waals surface area (Å²) in [4.78, 5) is 43.1. The van der Waals surface area contributed by atoms with Crippen LogP contribution < -0.4 is 16.4 Å². The first-order chi connectivity index (χ1) is 12.1. The average molecular weight is 367 g/mol. The van der Waals surface area contributed by atoms with Gasteiger partial charge in [-0.15, -0.1) is 0 Å². The zero-order valence-electron chi connectivity index (χ0n) is 15.7. The summed E-state index contributed by atoms with van der Waals surface area (Å²) >= 11 is 0. The van der Waals surface area contributed by atoms with Gasteiger partial charge >= 0.3 is 5.97 Å². The third kappa shape index (κ3) is 6.83. The summed E-state index contributed by atoms with van der Waals surface area (Å²) in [7, 11) is 0. The Labute approximate surface area is 153 Å². The number of carboxylic acids is 1. The second-order valence-corrected chi connectivity index (χ2v) is 7.12. The zero-order chi connectivity index (χ0) is 19.9. The molecule has 0 aliphatic heterocycles. The van der Waals surface area contributed by atoms with Gasteiger partial charge in [0.25, 0.3) is 0 Å². The van der Waals surface area contributed by atoms with Crippen LogP contribution >= 0.6 is 0 Å². The van der Waals surface area contributed by atoms with E-state index in [0.717, 1.165) is 0 Å². The summed E-state index contributed by atoms with van der Waals surface area (Å²) in [5.41, 5.74) is 6.41. The molecule has 3 atom stereocenters. The van der Waals surface area contributed by atoms with Crippen molar-refractivity contribution in [1.29, 1.82) is 0 Å². The smallest absolute Gasteiger partial charge is 0.326 e. The molecule has 0 radical (unpaired) electrons. The topological polar surface area (TPSA) is 150 Å². The van der Waals surface area contributed by atoms with Crippen molar-refractivity contribution in [2.75, 3.05) is 0 Å². The molecule has 0 aliphatic carbocycles. The number of aromatic nitrogens is 2. The summed E-state index contributed by atoms with van der Waals surface area (Å²) in [6.07, 6.45) is 3.48. The molecular weight excluding hydrogens is 338 g/mol. The van der Waals surface area contributed by atoms with E-state index in [9.17, 15) is 19.5 Å². The van der Waals surface area contributed by atoms with Gasteiger partial charge in [0.1, 0.15) is 12.1 Å². The molecule has 0 bridgehead atoms. The minimum atomic E-state index is -1.12. The van der Waals surface area contributed by atoms with E-state index in [1.54, 1.807) is 20.0 Å². The fraction of sp³-hybridized carbons (Fsp3) is 0.647. The maximum Gasteiger partial charge on any atom is 0.326 e. The van der Waals surface area contributed by atoms with E-state index in [1.807, 2.05) is 13.8 Å². The predicted molar refractivity (Wildman–Crippen MR) is 96.1 cm³/mol. The van der Waals surface area contributed by atoms with Gasteiger partial charge in [-0.3, -0.25) is 9.59 Å². The van der Waals surface area contributed by atoms with Crippen LogP contribution in [0.4, 0.5) is 0 Å². The zero-order valence-corrected chi connectivity index (χ0v) is 15.7. The number of nitrogens with one attached hydrogen (secondary N) is 3. The average Bonchev–Trinajstić information content (AvgIpc) is 3.04. The minimum absolute atomic E-state index is 0.0881. The highest BCUT2D eigenvalue weighted by molar-refractivity contribution is 5.92. The molecule has 1 aromatic heterocycles. The van der Waals surface area contributed by atoms with E-state index in [4.69, 9.17) is 5.73 Å². The Kier molecular flexibility index (Phi) is 8.24. The molecule has 26 heavy (non-hydrogen) atoms. The number of hydrogen-bond donors (Lipinski definition) is 5. The van der Waals surface area contributed by atoms with Crippen molar-refractivity contribution in [3.8, 4) is 0 Å². The molecule has 9 nitrogen and oxygen atoms in total. The molecule has 1 rings (SSSR count). The highest BCUT2D eigenvalue weighted by Gasteiger charge is 2.29. The minimum Gasteiger partial charge on any atom is -0.480 e. The first-order valence-electron chi connectivity index (χ1n) is 8.68. The lowest BCUT2D eigenvalue weighted by Gasteiger charge is -2.24. The highest BCUT2D eigenvalue weighted by atomic mass is 16.4. The van der Waals surface area contributed by atoms with E-state index in [-0.39, 0.29) is 24.7 Å². The summed E-state index contributed by atoms with van der Waals surface area (Å²) in [5, 5.41) is 14.4. The standard InChI is InChI=1S/C17H29N5O4/c1-9(2)5-13(17(25)26)22-15(23)12(6-11-7-19-8-20-11)21-16(24)14(18)10(3)4/h7-10,12-14H,5-6,18H2,1-4H3,(H,19,20)(H,21,24)(H,22,23)(H,25,26)/t12-,13-,14-/m0/s1. The van der Waals surface area contributed by atoms with Crippen LogP contribution in [0.2, 0.25) is 0 Å². The molecule has 0 saturated heterocycles. The van der Waals surface area contributed by atoms with Gasteiger partial charge in [-0.05, 0) is 18.3 Å². The van der Waals surface area contributed by atoms with Crippen LogP contribution in [0.1, 0.15) is 39.8 Å². The molecule has 9 heteroatoms. The molecule has 0 aliphatic rings. The van der Waals surface area contributed by atoms with Crippen LogP contribution in [-0.4, -0.2) is 51.0 Å². The van der Waals surface area contributed by atoms with Crippen LogP contribution in [-0.2, 0) is 20.8 Å². The number of aliphatic carboxylic acids is 1. The van der Waals surface area contributed by atoms with Gasteiger partial charge in [-0.25, -0.2) is 9.78 Å². The highest BCUT2D eigenvalue weighted by Crippen LogP contribution is 2.07. The monoisotopic (exact) mass is 367 g/mol. The molecule has 0 unspecified atom stereocenters. The number of rotatable bonds is 10. The van der Waals surface area contributed by atoms with Crippen molar-refractivity contribution in [2.24, 2.45) is 17.6 Å².